The van der Waals surface area contributed by atoms with E-state index >= 15 is 0 Å². The summed E-state index contributed by atoms with van der Waals surface area (Å²) in [5, 5.41) is 10.2. The second-order valence-corrected chi connectivity index (χ2v) is 5.75. The number of aliphatic hydroxyl groups is 1. The van der Waals surface area contributed by atoms with Crippen molar-refractivity contribution >= 4 is 0 Å². The number of hydrogen-bond acceptors (Lipinski definition) is 3. The molecule has 2 heterocycles. The summed E-state index contributed by atoms with van der Waals surface area (Å²) in [6.07, 6.45) is 1.46. The second-order valence-electron chi connectivity index (χ2n) is 5.75. The maximum atomic E-state index is 13.7. The highest BCUT2D eigenvalue weighted by atomic mass is 19.2. The molecule has 110 valence electrons. The van der Waals surface area contributed by atoms with E-state index in [4.69, 9.17) is 0 Å². The maximum absolute atomic E-state index is 13.7. The van der Waals surface area contributed by atoms with Crippen LogP contribution in [-0.4, -0.2) is 53.7 Å². The lowest BCUT2D eigenvalue weighted by Crippen LogP contribution is -2.50. The van der Waals surface area contributed by atoms with Gasteiger partial charge in [0, 0.05) is 37.8 Å². The third-order valence-electron chi connectivity index (χ3n) is 4.44. The van der Waals surface area contributed by atoms with Crippen LogP contribution in [0.25, 0.3) is 0 Å². The normalized spacial score (nSPS) is 25.6. The van der Waals surface area contributed by atoms with Gasteiger partial charge in [-0.2, -0.15) is 0 Å². The van der Waals surface area contributed by atoms with Crippen LogP contribution >= 0.6 is 0 Å². The molecule has 1 aromatic carbocycles. The van der Waals surface area contributed by atoms with Crippen LogP contribution in [0.3, 0.4) is 0 Å². The van der Waals surface area contributed by atoms with Crippen molar-refractivity contribution in [2.45, 2.75) is 25.0 Å². The van der Waals surface area contributed by atoms with Gasteiger partial charge in [0.15, 0.2) is 11.6 Å². The highest BCUT2D eigenvalue weighted by Crippen LogP contribution is 2.24. The van der Waals surface area contributed by atoms with E-state index in [1.807, 2.05) is 0 Å². The van der Waals surface area contributed by atoms with Crippen LogP contribution < -0.4 is 0 Å². The first-order valence-corrected chi connectivity index (χ1v) is 7.23. The Morgan fingerprint density at radius 1 is 1.25 bits per heavy atom. The van der Waals surface area contributed by atoms with E-state index < -0.39 is 17.7 Å². The van der Waals surface area contributed by atoms with E-state index in [0.29, 0.717) is 12.6 Å². The second kappa shape index (κ2) is 5.76. The third-order valence-corrected chi connectivity index (χ3v) is 4.44. The molecule has 3 rings (SSSR count). The zero-order valence-electron chi connectivity index (χ0n) is 11.4. The number of piperazine rings is 1. The zero-order chi connectivity index (χ0) is 14.1. The van der Waals surface area contributed by atoms with Crippen molar-refractivity contribution < 1.29 is 13.9 Å². The average molecular weight is 282 g/mol. The van der Waals surface area contributed by atoms with Crippen molar-refractivity contribution in [3.8, 4) is 0 Å². The highest BCUT2D eigenvalue weighted by molar-refractivity contribution is 5.21. The molecule has 0 saturated carbocycles. The predicted octanol–water partition coefficient (Wildman–Crippen LogP) is 1.78. The van der Waals surface area contributed by atoms with E-state index in [0.717, 1.165) is 25.7 Å². The molecule has 3 nitrogen and oxygen atoms in total. The summed E-state index contributed by atoms with van der Waals surface area (Å²) in [4.78, 5) is 4.63. The van der Waals surface area contributed by atoms with Gasteiger partial charge < -0.3 is 5.11 Å². The molecule has 0 spiro atoms. The monoisotopic (exact) mass is 282 g/mol. The number of aliphatic hydroxyl groups excluding tert-OH is 1. The number of β-amino-alcohol motifs (C(OH)–C–C–N with tert-alkyl or cyclic N) is 1. The van der Waals surface area contributed by atoms with Crippen molar-refractivity contribution in [1.29, 1.82) is 0 Å². The number of rotatable bonds is 3. The summed E-state index contributed by atoms with van der Waals surface area (Å²) in [5.41, 5.74) is 0.0545. The fraction of sp³-hybridized carbons (Fsp3) is 0.600. The molecule has 20 heavy (non-hydrogen) atoms. The van der Waals surface area contributed by atoms with Gasteiger partial charge in [-0.3, -0.25) is 9.80 Å². The lowest BCUT2D eigenvalue weighted by Gasteiger charge is -2.38. The van der Waals surface area contributed by atoms with Crippen molar-refractivity contribution in [2.75, 3.05) is 32.7 Å². The minimum Gasteiger partial charge on any atom is -0.387 e. The first-order chi connectivity index (χ1) is 9.65. The van der Waals surface area contributed by atoms with Gasteiger partial charge in [0.05, 0.1) is 6.10 Å². The van der Waals surface area contributed by atoms with Crippen LogP contribution in [-0.2, 0) is 0 Å². The smallest absolute Gasteiger partial charge is 0.164 e. The summed E-state index contributed by atoms with van der Waals surface area (Å²) in [6.45, 7) is 4.33. The Morgan fingerprint density at radius 3 is 2.95 bits per heavy atom. The molecule has 1 aromatic rings. The summed E-state index contributed by atoms with van der Waals surface area (Å²) in [5.74, 6) is -1.83. The van der Waals surface area contributed by atoms with Gasteiger partial charge in [-0.1, -0.05) is 12.1 Å². The molecule has 0 bridgehead atoms. The van der Waals surface area contributed by atoms with E-state index in [-0.39, 0.29) is 5.56 Å². The zero-order valence-corrected chi connectivity index (χ0v) is 11.4. The lowest BCUT2D eigenvalue weighted by molar-refractivity contribution is 0.0550. The van der Waals surface area contributed by atoms with Gasteiger partial charge in [0.25, 0.3) is 0 Å². The molecule has 2 aliphatic heterocycles. The third kappa shape index (κ3) is 2.71. The van der Waals surface area contributed by atoms with Gasteiger partial charge in [-0.15, -0.1) is 0 Å². The van der Waals surface area contributed by atoms with Crippen LogP contribution in [0.5, 0.6) is 0 Å². The fourth-order valence-electron chi connectivity index (χ4n) is 3.34. The predicted molar refractivity (Wildman–Crippen MR) is 72.4 cm³/mol. The molecule has 0 aromatic heterocycles. The molecule has 2 saturated heterocycles. The molecule has 0 amide bonds. The van der Waals surface area contributed by atoms with Crippen LogP contribution in [0.1, 0.15) is 24.5 Å². The Kier molecular flexibility index (Phi) is 4.01. The fourth-order valence-corrected chi connectivity index (χ4v) is 3.34. The van der Waals surface area contributed by atoms with Crippen molar-refractivity contribution in [3.63, 3.8) is 0 Å². The first kappa shape index (κ1) is 13.9. The van der Waals surface area contributed by atoms with Crippen LogP contribution in [0.15, 0.2) is 18.2 Å². The summed E-state index contributed by atoms with van der Waals surface area (Å²) in [6, 6.07) is 4.53. The molecule has 0 aliphatic carbocycles. The molecule has 1 N–H and O–H groups in total. The quantitative estimate of drug-likeness (QED) is 0.915. The van der Waals surface area contributed by atoms with Crippen LogP contribution in [0, 0.1) is 11.6 Å². The average Bonchev–Trinajstić information content (AvgIpc) is 2.89. The Balaban J connectivity index is 1.64. The van der Waals surface area contributed by atoms with E-state index in [2.05, 4.69) is 9.80 Å². The summed E-state index contributed by atoms with van der Waals surface area (Å²) >= 11 is 0. The first-order valence-electron chi connectivity index (χ1n) is 7.23. The molecule has 2 aliphatic rings. The molecule has 5 heteroatoms. The van der Waals surface area contributed by atoms with Crippen LogP contribution in [0.4, 0.5) is 8.78 Å². The molecule has 2 unspecified atom stereocenters. The highest BCUT2D eigenvalue weighted by Gasteiger charge is 2.31. The minimum absolute atomic E-state index is 0.0545. The number of nitrogens with zero attached hydrogens (tertiary/aromatic N) is 2. The molecule has 0 radical (unpaired) electrons. The Morgan fingerprint density at radius 2 is 2.10 bits per heavy atom. The maximum Gasteiger partial charge on any atom is 0.164 e. The molecule has 2 atom stereocenters. The van der Waals surface area contributed by atoms with Crippen molar-refractivity contribution in [1.82, 2.24) is 9.80 Å². The van der Waals surface area contributed by atoms with Crippen LogP contribution in [0.2, 0.25) is 0 Å². The summed E-state index contributed by atoms with van der Waals surface area (Å²) < 4.78 is 26.8. The summed E-state index contributed by atoms with van der Waals surface area (Å²) in [7, 11) is 0. The SMILES string of the molecule is OC(CN1CCN2CCCC2C1)c1cccc(F)c1F. The molecular weight excluding hydrogens is 262 g/mol. The Labute approximate surface area is 117 Å². The van der Waals surface area contributed by atoms with Gasteiger partial charge in [-0.25, -0.2) is 8.78 Å². The van der Waals surface area contributed by atoms with Gasteiger partial charge in [0.1, 0.15) is 0 Å². The minimum atomic E-state index is -0.973. The number of fused-ring (bicyclic) bond motifs is 1. The largest absolute Gasteiger partial charge is 0.387 e. The van der Waals surface area contributed by atoms with E-state index in [1.165, 1.54) is 31.5 Å². The lowest BCUT2D eigenvalue weighted by atomic mass is 10.1. The topological polar surface area (TPSA) is 26.7 Å². The molecular formula is C15H20F2N2O. The number of hydrogen-bond donors (Lipinski definition) is 1. The van der Waals surface area contributed by atoms with Gasteiger partial charge >= 0.3 is 0 Å². The molecule has 2 fully saturated rings. The number of benzene rings is 1. The number of halogens is 2. The van der Waals surface area contributed by atoms with Crippen molar-refractivity contribution in [3.05, 3.63) is 35.4 Å². The Bertz CT molecular complexity index is 483. The van der Waals surface area contributed by atoms with Gasteiger partial charge in [0.2, 0.25) is 0 Å². The Hall–Kier alpha value is -1.04. The van der Waals surface area contributed by atoms with E-state index in [9.17, 15) is 13.9 Å². The van der Waals surface area contributed by atoms with Crippen molar-refractivity contribution in [2.24, 2.45) is 0 Å². The van der Waals surface area contributed by atoms with E-state index in [1.54, 1.807) is 0 Å². The standard InChI is InChI=1S/C15H20F2N2O/c16-13-5-1-4-12(15(13)17)14(20)10-18-7-8-19-6-2-3-11(19)9-18/h1,4-5,11,14,20H,2-3,6-10H2. The van der Waals surface area contributed by atoms with Gasteiger partial charge in [-0.05, 0) is 25.5 Å².